The molecule has 0 saturated heterocycles. The summed E-state index contributed by atoms with van der Waals surface area (Å²) >= 11 is 3.15. The Kier molecular flexibility index (Phi) is 4.08. The molecule has 0 N–H and O–H groups in total. The van der Waals surface area contributed by atoms with Gasteiger partial charge in [0.2, 0.25) is 0 Å². The lowest BCUT2D eigenvalue weighted by molar-refractivity contribution is -0.142. The van der Waals surface area contributed by atoms with Crippen LogP contribution in [0.1, 0.15) is 5.56 Å². The first-order chi connectivity index (χ1) is 7.04. The third-order valence-corrected chi connectivity index (χ3v) is 2.21. The highest BCUT2D eigenvalue weighted by atomic mass is 79.9. The van der Waals surface area contributed by atoms with E-state index < -0.39 is 11.8 Å². The number of hydrogen-bond donors (Lipinski definition) is 0. The Morgan fingerprint density at radius 1 is 1.53 bits per heavy atom. The minimum absolute atomic E-state index is 0.0728. The number of ether oxygens (including phenoxy) is 2. The molecule has 0 bridgehead atoms. The predicted molar refractivity (Wildman–Crippen MR) is 56.3 cm³/mol. The number of rotatable bonds is 3. The minimum atomic E-state index is -0.545. The van der Waals surface area contributed by atoms with E-state index in [9.17, 15) is 9.18 Å². The van der Waals surface area contributed by atoms with Crippen molar-refractivity contribution in [2.45, 2.75) is 6.92 Å². The Bertz CT molecular complexity index is 356. The average molecular weight is 277 g/mol. The number of methoxy groups -OCH3 is 1. The van der Waals surface area contributed by atoms with Crippen molar-refractivity contribution < 1.29 is 18.7 Å². The lowest BCUT2D eigenvalue weighted by Gasteiger charge is -2.09. The number of benzene rings is 1. The van der Waals surface area contributed by atoms with Gasteiger partial charge in [-0.25, -0.2) is 9.18 Å². The van der Waals surface area contributed by atoms with E-state index in [4.69, 9.17) is 4.74 Å². The molecule has 0 aliphatic heterocycles. The maximum absolute atomic E-state index is 13.4. The number of esters is 1. The first kappa shape index (κ1) is 12.0. The van der Waals surface area contributed by atoms with Gasteiger partial charge >= 0.3 is 5.97 Å². The molecule has 0 aliphatic rings. The fourth-order valence-corrected chi connectivity index (χ4v) is 1.61. The summed E-state index contributed by atoms with van der Waals surface area (Å²) in [6.07, 6.45) is 0. The summed E-state index contributed by atoms with van der Waals surface area (Å²) in [5, 5.41) is 0. The van der Waals surface area contributed by atoms with Crippen molar-refractivity contribution in [1.29, 1.82) is 0 Å². The zero-order valence-corrected chi connectivity index (χ0v) is 9.93. The van der Waals surface area contributed by atoms with Crippen molar-refractivity contribution in [3.63, 3.8) is 0 Å². The van der Waals surface area contributed by atoms with Crippen LogP contribution in [0, 0.1) is 12.7 Å². The highest BCUT2D eigenvalue weighted by Gasteiger charge is 2.10. The third-order valence-electron chi connectivity index (χ3n) is 1.76. The van der Waals surface area contributed by atoms with E-state index in [-0.39, 0.29) is 12.4 Å². The maximum atomic E-state index is 13.4. The molecule has 0 saturated carbocycles. The van der Waals surface area contributed by atoms with Crippen molar-refractivity contribution in [2.24, 2.45) is 0 Å². The number of carbonyl (C=O) groups excluding carboxylic acids is 1. The molecule has 0 unspecified atom stereocenters. The zero-order chi connectivity index (χ0) is 11.4. The largest absolute Gasteiger partial charge is 0.479 e. The number of aryl methyl sites for hydroxylation is 1. The normalized spacial score (nSPS) is 9.87. The van der Waals surface area contributed by atoms with E-state index in [0.29, 0.717) is 10.0 Å². The van der Waals surface area contributed by atoms with E-state index >= 15 is 0 Å². The first-order valence-corrected chi connectivity index (χ1v) is 4.99. The van der Waals surface area contributed by atoms with Gasteiger partial charge in [0.05, 0.1) is 7.11 Å². The van der Waals surface area contributed by atoms with E-state index in [1.165, 1.54) is 13.2 Å². The van der Waals surface area contributed by atoms with Gasteiger partial charge in [0, 0.05) is 4.47 Å². The molecule has 1 aromatic carbocycles. The van der Waals surface area contributed by atoms with Gasteiger partial charge in [0.1, 0.15) is 0 Å². The molecule has 0 fully saturated rings. The summed E-state index contributed by atoms with van der Waals surface area (Å²) < 4.78 is 23.4. The van der Waals surface area contributed by atoms with Crippen molar-refractivity contribution in [1.82, 2.24) is 0 Å². The van der Waals surface area contributed by atoms with Crippen molar-refractivity contribution in [2.75, 3.05) is 13.7 Å². The van der Waals surface area contributed by atoms with Gasteiger partial charge in [-0.15, -0.1) is 0 Å². The molecule has 0 atom stereocenters. The molecule has 15 heavy (non-hydrogen) atoms. The lowest BCUT2D eigenvalue weighted by Crippen LogP contribution is -2.13. The van der Waals surface area contributed by atoms with Gasteiger partial charge in [-0.3, -0.25) is 0 Å². The SMILES string of the molecule is COC(=O)COc1c(C)cc(Br)cc1F. The lowest BCUT2D eigenvalue weighted by atomic mass is 10.2. The second kappa shape index (κ2) is 5.11. The average Bonchev–Trinajstić information content (AvgIpc) is 2.15. The van der Waals surface area contributed by atoms with Gasteiger partial charge < -0.3 is 9.47 Å². The highest BCUT2D eigenvalue weighted by Crippen LogP contribution is 2.26. The second-order valence-corrected chi connectivity index (χ2v) is 3.81. The van der Waals surface area contributed by atoms with Crippen LogP contribution in [0.3, 0.4) is 0 Å². The number of carbonyl (C=O) groups is 1. The standard InChI is InChI=1S/C10H10BrFO3/c1-6-3-7(11)4-8(12)10(6)15-5-9(13)14-2/h3-4H,5H2,1-2H3. The van der Waals surface area contributed by atoms with E-state index in [2.05, 4.69) is 20.7 Å². The summed E-state index contributed by atoms with van der Waals surface area (Å²) in [6.45, 7) is 1.40. The molecule has 0 heterocycles. The van der Waals surface area contributed by atoms with Crippen LogP contribution in [0.15, 0.2) is 16.6 Å². The fraction of sp³-hybridized carbons (Fsp3) is 0.300. The molecule has 3 nitrogen and oxygen atoms in total. The summed E-state index contributed by atoms with van der Waals surface area (Å²) in [4.78, 5) is 10.8. The van der Waals surface area contributed by atoms with Crippen molar-refractivity contribution in [3.05, 3.63) is 28.0 Å². The van der Waals surface area contributed by atoms with Crippen LogP contribution < -0.4 is 4.74 Å². The van der Waals surface area contributed by atoms with Gasteiger partial charge in [0.25, 0.3) is 0 Å². The molecule has 0 spiro atoms. The minimum Gasteiger partial charge on any atom is -0.479 e. The van der Waals surface area contributed by atoms with Gasteiger partial charge in [-0.05, 0) is 24.6 Å². The molecule has 0 radical (unpaired) electrons. The van der Waals surface area contributed by atoms with Crippen molar-refractivity contribution in [3.8, 4) is 5.75 Å². The van der Waals surface area contributed by atoms with Gasteiger partial charge in [0.15, 0.2) is 18.2 Å². The number of halogens is 2. The maximum Gasteiger partial charge on any atom is 0.343 e. The quantitative estimate of drug-likeness (QED) is 0.796. The predicted octanol–water partition coefficient (Wildman–Crippen LogP) is 2.45. The van der Waals surface area contributed by atoms with E-state index in [1.807, 2.05) is 0 Å². The Labute approximate surface area is 95.3 Å². The van der Waals surface area contributed by atoms with Crippen LogP contribution >= 0.6 is 15.9 Å². The van der Waals surface area contributed by atoms with Crippen LogP contribution in [0.5, 0.6) is 5.75 Å². The van der Waals surface area contributed by atoms with Crippen LogP contribution in [0.4, 0.5) is 4.39 Å². The fourth-order valence-electron chi connectivity index (χ4n) is 1.06. The molecule has 0 amide bonds. The molecule has 82 valence electrons. The molecular weight excluding hydrogens is 267 g/mol. The molecule has 0 aliphatic carbocycles. The summed E-state index contributed by atoms with van der Waals surface area (Å²) in [5.74, 6) is -0.980. The summed E-state index contributed by atoms with van der Waals surface area (Å²) in [5.41, 5.74) is 0.616. The van der Waals surface area contributed by atoms with Crippen LogP contribution in [-0.2, 0) is 9.53 Å². The highest BCUT2D eigenvalue weighted by molar-refractivity contribution is 9.10. The van der Waals surface area contributed by atoms with Gasteiger partial charge in [-0.2, -0.15) is 0 Å². The van der Waals surface area contributed by atoms with E-state index in [1.54, 1.807) is 13.0 Å². The topological polar surface area (TPSA) is 35.5 Å². The Balaban J connectivity index is 2.81. The molecule has 1 rings (SSSR count). The molecular formula is C10H10BrFO3. The zero-order valence-electron chi connectivity index (χ0n) is 8.34. The Morgan fingerprint density at radius 2 is 2.20 bits per heavy atom. The van der Waals surface area contributed by atoms with Crippen LogP contribution in [-0.4, -0.2) is 19.7 Å². The molecule has 5 heteroatoms. The third kappa shape index (κ3) is 3.20. The second-order valence-electron chi connectivity index (χ2n) is 2.90. The van der Waals surface area contributed by atoms with Crippen LogP contribution in [0.25, 0.3) is 0 Å². The Hall–Kier alpha value is -1.10. The van der Waals surface area contributed by atoms with E-state index in [0.717, 1.165) is 0 Å². The summed E-state index contributed by atoms with van der Waals surface area (Å²) in [7, 11) is 1.25. The monoisotopic (exact) mass is 276 g/mol. The van der Waals surface area contributed by atoms with Crippen molar-refractivity contribution >= 4 is 21.9 Å². The molecule has 0 aromatic heterocycles. The van der Waals surface area contributed by atoms with Gasteiger partial charge in [-0.1, -0.05) is 15.9 Å². The first-order valence-electron chi connectivity index (χ1n) is 4.20. The number of hydrogen-bond acceptors (Lipinski definition) is 3. The summed E-state index contributed by atoms with van der Waals surface area (Å²) in [6, 6.07) is 2.98. The van der Waals surface area contributed by atoms with Crippen LogP contribution in [0.2, 0.25) is 0 Å². The Morgan fingerprint density at radius 3 is 2.73 bits per heavy atom. The molecule has 1 aromatic rings. The smallest absolute Gasteiger partial charge is 0.343 e.